The van der Waals surface area contributed by atoms with Crippen molar-refractivity contribution in [1.29, 1.82) is 0 Å². The minimum Gasteiger partial charge on any atom is -0.378 e. The van der Waals surface area contributed by atoms with Crippen LogP contribution in [0.25, 0.3) is 0 Å². The average Bonchev–Trinajstić information content (AvgIpc) is 3.61. The summed E-state index contributed by atoms with van der Waals surface area (Å²) in [5.74, 6) is -3.43. The van der Waals surface area contributed by atoms with Crippen LogP contribution in [0.3, 0.4) is 0 Å². The molecule has 2 aliphatic heterocycles. The van der Waals surface area contributed by atoms with E-state index in [-0.39, 0.29) is 43.2 Å². The standard InChI is InChI=1S/C30H32F2N4O2S/c31-30(32)13-10-24(35-29(38)33-21-6-2-1-3-7-21)20(17-30)16-26(37)36-14-11-23-27(19-12-15-39-18-19)34-25-9-5-4-8-22(25)28(23)36/h1-9,12,15,18,20,23-24,27-28,34H,10-11,13-14,16-17H2,(H2,33,35,38)/t20-,23+,24+,27-,28-/m0/s1. The van der Waals surface area contributed by atoms with Crippen LogP contribution >= 0.6 is 11.3 Å². The lowest BCUT2D eigenvalue weighted by atomic mass is 9.79. The highest BCUT2D eigenvalue weighted by atomic mass is 32.1. The van der Waals surface area contributed by atoms with Gasteiger partial charge in [-0.1, -0.05) is 36.4 Å². The minimum atomic E-state index is -2.85. The van der Waals surface area contributed by atoms with Gasteiger partial charge in [-0.15, -0.1) is 0 Å². The largest absolute Gasteiger partial charge is 0.378 e. The first kappa shape index (κ1) is 25.8. The number of nitrogens with zero attached hydrogens (tertiary/aromatic N) is 1. The molecule has 5 atom stereocenters. The van der Waals surface area contributed by atoms with E-state index >= 15 is 0 Å². The van der Waals surface area contributed by atoms with Crippen molar-refractivity contribution < 1.29 is 18.4 Å². The monoisotopic (exact) mass is 550 g/mol. The fourth-order valence-corrected chi connectivity index (χ4v) is 7.32. The molecule has 0 bridgehead atoms. The summed E-state index contributed by atoms with van der Waals surface area (Å²) in [5, 5.41) is 13.5. The molecule has 0 spiro atoms. The number of amides is 3. The number of fused-ring (bicyclic) bond motifs is 3. The van der Waals surface area contributed by atoms with Gasteiger partial charge in [-0.05, 0) is 64.9 Å². The summed E-state index contributed by atoms with van der Waals surface area (Å²) in [7, 11) is 0. The summed E-state index contributed by atoms with van der Waals surface area (Å²) in [5.41, 5.74) is 3.91. The molecule has 0 radical (unpaired) electrons. The number of carbonyl (C=O) groups excluding carboxylic acids is 2. The number of alkyl halides is 2. The van der Waals surface area contributed by atoms with E-state index in [1.807, 2.05) is 41.3 Å². The van der Waals surface area contributed by atoms with E-state index in [4.69, 9.17) is 0 Å². The Balaban J connectivity index is 1.20. The number of hydrogen-bond acceptors (Lipinski definition) is 4. The number of para-hydroxylation sites is 2. The fraction of sp³-hybridized carbons (Fsp3) is 0.400. The van der Waals surface area contributed by atoms with Gasteiger partial charge in [0.1, 0.15) is 0 Å². The zero-order valence-corrected chi connectivity index (χ0v) is 22.3. The number of halogens is 2. The number of hydrogen-bond donors (Lipinski definition) is 3. The van der Waals surface area contributed by atoms with Gasteiger partial charge in [0.2, 0.25) is 11.8 Å². The van der Waals surface area contributed by atoms with E-state index in [0.29, 0.717) is 12.2 Å². The van der Waals surface area contributed by atoms with Crippen LogP contribution in [0.15, 0.2) is 71.4 Å². The molecule has 1 saturated heterocycles. The summed E-state index contributed by atoms with van der Waals surface area (Å²) in [4.78, 5) is 28.4. The molecule has 6 rings (SSSR count). The number of urea groups is 1. The molecule has 6 nitrogen and oxygen atoms in total. The van der Waals surface area contributed by atoms with Crippen LogP contribution in [0.4, 0.5) is 25.0 Å². The van der Waals surface area contributed by atoms with Crippen LogP contribution in [0.1, 0.15) is 55.3 Å². The molecule has 3 aliphatic rings. The van der Waals surface area contributed by atoms with Gasteiger partial charge >= 0.3 is 6.03 Å². The Morgan fingerprint density at radius 2 is 1.85 bits per heavy atom. The molecule has 2 aromatic carbocycles. The van der Waals surface area contributed by atoms with Gasteiger partial charge in [0, 0.05) is 49.1 Å². The topological polar surface area (TPSA) is 73.5 Å². The van der Waals surface area contributed by atoms with Crippen molar-refractivity contribution >= 4 is 34.6 Å². The third-order valence-electron chi connectivity index (χ3n) is 8.42. The van der Waals surface area contributed by atoms with Crippen molar-refractivity contribution in [3.63, 3.8) is 0 Å². The molecule has 3 aromatic rings. The van der Waals surface area contributed by atoms with E-state index in [2.05, 4.69) is 38.8 Å². The second kappa shape index (κ2) is 10.6. The first-order valence-electron chi connectivity index (χ1n) is 13.6. The third-order valence-corrected chi connectivity index (χ3v) is 9.12. The molecule has 2 fully saturated rings. The highest BCUT2D eigenvalue weighted by Gasteiger charge is 2.48. The van der Waals surface area contributed by atoms with Crippen molar-refractivity contribution in [2.24, 2.45) is 11.8 Å². The zero-order valence-electron chi connectivity index (χ0n) is 21.5. The maximum absolute atomic E-state index is 14.6. The smallest absolute Gasteiger partial charge is 0.319 e. The Bertz CT molecular complexity index is 1320. The van der Waals surface area contributed by atoms with E-state index in [1.54, 1.807) is 23.5 Å². The Morgan fingerprint density at radius 1 is 1.05 bits per heavy atom. The second-order valence-corrected chi connectivity index (χ2v) is 11.7. The summed E-state index contributed by atoms with van der Waals surface area (Å²) in [6.45, 7) is 0.584. The average molecular weight is 551 g/mol. The molecule has 0 unspecified atom stereocenters. The van der Waals surface area contributed by atoms with Crippen molar-refractivity contribution in [2.45, 2.75) is 56.2 Å². The lowest BCUT2D eigenvalue weighted by molar-refractivity contribution is -0.135. The van der Waals surface area contributed by atoms with Crippen LogP contribution in [0.2, 0.25) is 0 Å². The Labute approximate surface area is 230 Å². The molecule has 1 saturated carbocycles. The number of rotatable bonds is 5. The van der Waals surface area contributed by atoms with Crippen LogP contribution in [-0.4, -0.2) is 35.3 Å². The van der Waals surface area contributed by atoms with E-state index in [9.17, 15) is 18.4 Å². The molecular weight excluding hydrogens is 518 g/mol. The van der Waals surface area contributed by atoms with Crippen LogP contribution in [0, 0.1) is 11.8 Å². The first-order chi connectivity index (χ1) is 18.9. The molecule has 3 amide bonds. The maximum Gasteiger partial charge on any atom is 0.319 e. The summed E-state index contributed by atoms with van der Waals surface area (Å²) < 4.78 is 29.1. The van der Waals surface area contributed by atoms with Gasteiger partial charge in [-0.2, -0.15) is 11.3 Å². The quantitative estimate of drug-likeness (QED) is 0.326. The van der Waals surface area contributed by atoms with Gasteiger partial charge < -0.3 is 20.9 Å². The molecular formula is C30H32F2N4O2S. The Hall–Kier alpha value is -3.46. The van der Waals surface area contributed by atoms with Crippen LogP contribution in [-0.2, 0) is 4.79 Å². The van der Waals surface area contributed by atoms with Crippen molar-refractivity contribution in [2.75, 3.05) is 17.2 Å². The van der Waals surface area contributed by atoms with Crippen molar-refractivity contribution in [3.8, 4) is 0 Å². The van der Waals surface area contributed by atoms with Crippen LogP contribution in [0.5, 0.6) is 0 Å². The van der Waals surface area contributed by atoms with E-state index in [0.717, 1.165) is 17.7 Å². The lowest BCUT2D eigenvalue weighted by Gasteiger charge is -2.41. The number of anilines is 2. The highest BCUT2D eigenvalue weighted by Crippen LogP contribution is 2.52. The zero-order chi connectivity index (χ0) is 27.0. The van der Waals surface area contributed by atoms with Gasteiger partial charge in [-0.25, -0.2) is 13.6 Å². The predicted molar refractivity (Wildman–Crippen MR) is 149 cm³/mol. The molecule has 3 heterocycles. The number of likely N-dealkylation sites (tertiary alicyclic amines) is 1. The summed E-state index contributed by atoms with van der Waals surface area (Å²) in [6.07, 6.45) is 0.233. The Kier molecular flexibility index (Phi) is 7.01. The molecule has 39 heavy (non-hydrogen) atoms. The van der Waals surface area contributed by atoms with E-state index < -0.39 is 30.3 Å². The number of carbonyl (C=O) groups is 2. The predicted octanol–water partition coefficient (Wildman–Crippen LogP) is 6.82. The third kappa shape index (κ3) is 5.37. The normalized spacial score (nSPS) is 27.1. The molecule has 204 valence electrons. The molecule has 1 aliphatic carbocycles. The SMILES string of the molecule is O=C(Nc1ccccc1)N[C@@H]1CCC(F)(F)C[C@@H]1CC(=O)N1CC[C@@H]2[C@H](c3ccsc3)Nc3ccccc3[C@@H]21. The maximum atomic E-state index is 14.6. The van der Waals surface area contributed by atoms with Crippen molar-refractivity contribution in [1.82, 2.24) is 10.2 Å². The van der Waals surface area contributed by atoms with Gasteiger partial charge in [0.05, 0.1) is 12.1 Å². The van der Waals surface area contributed by atoms with Crippen molar-refractivity contribution in [3.05, 3.63) is 82.6 Å². The first-order valence-corrected chi connectivity index (χ1v) is 14.5. The summed E-state index contributed by atoms with van der Waals surface area (Å²) >= 11 is 1.65. The highest BCUT2D eigenvalue weighted by molar-refractivity contribution is 7.08. The van der Waals surface area contributed by atoms with Crippen LogP contribution < -0.4 is 16.0 Å². The van der Waals surface area contributed by atoms with Gasteiger partial charge in [0.15, 0.2) is 0 Å². The molecule has 1 aromatic heterocycles. The minimum absolute atomic E-state index is 0.0200. The van der Waals surface area contributed by atoms with Gasteiger partial charge in [0.25, 0.3) is 0 Å². The second-order valence-electron chi connectivity index (χ2n) is 10.9. The fourth-order valence-electron chi connectivity index (χ4n) is 6.62. The van der Waals surface area contributed by atoms with Gasteiger partial charge in [-0.3, -0.25) is 4.79 Å². The number of thiophene rings is 1. The number of benzene rings is 2. The van der Waals surface area contributed by atoms with E-state index in [1.165, 1.54) is 5.56 Å². The summed E-state index contributed by atoms with van der Waals surface area (Å²) in [6, 6.07) is 18.2. The molecule has 9 heteroatoms. The molecule has 3 N–H and O–H groups in total. The number of nitrogens with one attached hydrogen (secondary N) is 3. The lowest BCUT2D eigenvalue weighted by Crippen LogP contribution is -2.49. The Morgan fingerprint density at radius 3 is 2.64 bits per heavy atom.